The fourth-order valence-corrected chi connectivity index (χ4v) is 6.21. The minimum atomic E-state index is -0.693. The first kappa shape index (κ1) is 34.2. The number of aromatic nitrogens is 4. The lowest BCUT2D eigenvalue weighted by Gasteiger charge is -2.12. The molecule has 1 radical (unpaired) electrons. The van der Waals surface area contributed by atoms with Crippen LogP contribution >= 0.6 is 0 Å². The number of unbranched alkanes of at least 4 members (excludes halogenated alkanes) is 14. The van der Waals surface area contributed by atoms with Gasteiger partial charge < -0.3 is 19.3 Å². The maximum atomic E-state index is 10.7. The fourth-order valence-electron chi connectivity index (χ4n) is 6.21. The van der Waals surface area contributed by atoms with Crippen molar-refractivity contribution in [3.8, 4) is 0 Å². The average Bonchev–Trinajstić information content (AvgIpc) is 3.55. The molecule has 0 aliphatic rings. The highest BCUT2D eigenvalue weighted by Crippen LogP contribution is 2.24. The number of carboxylic acid groups (broad SMARTS) is 2. The smallest absolute Gasteiger partial charge is 0.303 e. The normalized spacial score (nSPS) is 11.6. The fraction of sp³-hybridized carbons (Fsp3) is 0.541. The third-order valence-corrected chi connectivity index (χ3v) is 8.67. The molecule has 0 atom stereocenters. The van der Waals surface area contributed by atoms with Crippen LogP contribution in [0.1, 0.15) is 127 Å². The highest BCUT2D eigenvalue weighted by atomic mass is 16.4. The van der Waals surface area contributed by atoms with E-state index in [2.05, 4.69) is 52.0 Å². The zero-order valence-corrected chi connectivity index (χ0v) is 26.8. The molecule has 0 amide bonds. The molecule has 2 heterocycles. The van der Waals surface area contributed by atoms with Gasteiger partial charge in [-0.05, 0) is 49.9 Å². The Morgan fingerprint density at radius 2 is 0.844 bits per heavy atom. The predicted molar refractivity (Wildman–Crippen MR) is 180 cm³/mol. The van der Waals surface area contributed by atoms with E-state index in [-0.39, 0.29) is 12.8 Å². The summed E-state index contributed by atoms with van der Waals surface area (Å²) in [6.07, 6.45) is 20.2. The lowest BCUT2D eigenvalue weighted by Crippen LogP contribution is -2.08. The summed E-state index contributed by atoms with van der Waals surface area (Å²) in [4.78, 5) is 31.4. The molecule has 45 heavy (non-hydrogen) atoms. The maximum absolute atomic E-state index is 10.7. The van der Waals surface area contributed by atoms with E-state index in [1.807, 2.05) is 12.1 Å². The highest BCUT2D eigenvalue weighted by Gasteiger charge is 2.17. The summed E-state index contributed by atoms with van der Waals surface area (Å²) < 4.78 is 4.70. The molecule has 0 saturated carbocycles. The van der Waals surface area contributed by atoms with Crippen molar-refractivity contribution in [3.05, 3.63) is 66.6 Å². The van der Waals surface area contributed by atoms with Gasteiger partial charge >= 0.3 is 11.9 Å². The second-order valence-corrected chi connectivity index (χ2v) is 12.3. The molecule has 2 aromatic heterocycles. The number of para-hydroxylation sites is 4. The van der Waals surface area contributed by atoms with Gasteiger partial charge in [0.25, 0.3) is 0 Å². The van der Waals surface area contributed by atoms with Gasteiger partial charge in [-0.3, -0.25) is 9.59 Å². The molecule has 0 spiro atoms. The molecule has 243 valence electrons. The molecule has 0 fully saturated rings. The van der Waals surface area contributed by atoms with Gasteiger partial charge in [0.2, 0.25) is 0 Å². The third-order valence-electron chi connectivity index (χ3n) is 8.67. The summed E-state index contributed by atoms with van der Waals surface area (Å²) in [6.45, 7) is 1.84. The highest BCUT2D eigenvalue weighted by molar-refractivity contribution is 5.78. The second kappa shape index (κ2) is 19.0. The van der Waals surface area contributed by atoms with Gasteiger partial charge in [0, 0.05) is 25.9 Å². The van der Waals surface area contributed by atoms with Gasteiger partial charge in [-0.25, -0.2) is 9.97 Å². The topological polar surface area (TPSA) is 110 Å². The molecule has 8 heteroatoms. The third kappa shape index (κ3) is 11.3. The Kier molecular flexibility index (Phi) is 14.4. The van der Waals surface area contributed by atoms with Crippen LogP contribution in [0.2, 0.25) is 0 Å². The Labute approximate surface area is 267 Å². The monoisotopic (exact) mass is 615 g/mol. The van der Waals surface area contributed by atoms with Gasteiger partial charge in [-0.2, -0.15) is 0 Å². The number of benzene rings is 2. The standard InChI is InChI=1S/C37H51N4O4/c42-36(43)25-13-9-5-1-3-7-11-19-27-40-32-23-17-15-21-30(32)38-34(40)29-35-39-31-22-16-18-24-33(31)41(35)28-20-12-8-4-2-6-10-14-26-37(44)45/h15-18,21-24,29H,1-14,19-20,25-28H2,(H,42,43)(H,44,45). The predicted octanol–water partition coefficient (Wildman–Crippen LogP) is 9.18. The van der Waals surface area contributed by atoms with Crippen LogP contribution in [0.3, 0.4) is 0 Å². The van der Waals surface area contributed by atoms with Crippen LogP contribution in [0.4, 0.5) is 0 Å². The number of nitrogens with zero attached hydrogens (tertiary/aromatic N) is 4. The van der Waals surface area contributed by atoms with E-state index < -0.39 is 11.9 Å². The van der Waals surface area contributed by atoms with Gasteiger partial charge in [-0.1, -0.05) is 101 Å². The molecule has 0 aliphatic carbocycles. The van der Waals surface area contributed by atoms with Gasteiger partial charge in [0.05, 0.1) is 28.5 Å². The van der Waals surface area contributed by atoms with Crippen molar-refractivity contribution < 1.29 is 19.8 Å². The first-order valence-electron chi connectivity index (χ1n) is 17.2. The summed E-state index contributed by atoms with van der Waals surface area (Å²) in [5.74, 6) is 0.520. The first-order chi connectivity index (χ1) is 22.0. The number of imidazole rings is 2. The molecule has 4 aromatic rings. The van der Waals surface area contributed by atoms with Crippen molar-refractivity contribution >= 4 is 34.0 Å². The number of fused-ring (bicyclic) bond motifs is 2. The molecule has 0 unspecified atom stereocenters. The minimum Gasteiger partial charge on any atom is -0.481 e. The summed E-state index contributed by atoms with van der Waals surface area (Å²) in [6, 6.07) is 16.7. The molecular formula is C37H51N4O4. The van der Waals surface area contributed by atoms with Crippen LogP contribution in [-0.4, -0.2) is 41.3 Å². The minimum absolute atomic E-state index is 0.286. The molecule has 0 bridgehead atoms. The Morgan fingerprint density at radius 3 is 1.22 bits per heavy atom. The Bertz CT molecular complexity index is 1360. The Balaban J connectivity index is 1.30. The first-order valence-corrected chi connectivity index (χ1v) is 17.2. The molecule has 8 nitrogen and oxygen atoms in total. The van der Waals surface area contributed by atoms with E-state index in [4.69, 9.17) is 20.2 Å². The molecule has 0 saturated heterocycles. The number of rotatable bonds is 24. The summed E-state index contributed by atoms with van der Waals surface area (Å²) >= 11 is 0. The van der Waals surface area contributed by atoms with Crippen molar-refractivity contribution in [1.82, 2.24) is 19.1 Å². The average molecular weight is 616 g/mol. The Hall–Kier alpha value is -3.68. The van der Waals surface area contributed by atoms with E-state index >= 15 is 0 Å². The molecule has 4 rings (SSSR count). The zero-order valence-electron chi connectivity index (χ0n) is 26.8. The quantitative estimate of drug-likeness (QED) is 0.0761. The van der Waals surface area contributed by atoms with Crippen LogP contribution in [0.5, 0.6) is 0 Å². The van der Waals surface area contributed by atoms with E-state index in [1.165, 1.54) is 51.4 Å². The number of carbonyl (C=O) groups is 2. The van der Waals surface area contributed by atoms with E-state index in [0.29, 0.717) is 0 Å². The zero-order chi connectivity index (χ0) is 31.7. The van der Waals surface area contributed by atoms with Crippen molar-refractivity contribution in [3.63, 3.8) is 0 Å². The lowest BCUT2D eigenvalue weighted by molar-refractivity contribution is -0.138. The largest absolute Gasteiger partial charge is 0.481 e. The number of hydrogen-bond donors (Lipinski definition) is 2. The summed E-state index contributed by atoms with van der Waals surface area (Å²) in [5.41, 5.74) is 4.34. The second-order valence-electron chi connectivity index (χ2n) is 12.3. The van der Waals surface area contributed by atoms with Crippen LogP contribution < -0.4 is 0 Å². The van der Waals surface area contributed by atoms with Gasteiger partial charge in [0.1, 0.15) is 11.6 Å². The van der Waals surface area contributed by atoms with E-state index in [0.717, 1.165) is 98.2 Å². The number of aryl methyl sites for hydroxylation is 2. The van der Waals surface area contributed by atoms with Crippen LogP contribution in [0.25, 0.3) is 22.1 Å². The SMILES string of the molecule is O=C(O)CCCCCCCCCCn1c([CH]c2nc3ccccc3n2CCCCCCCCCCC(=O)O)nc2ccccc21. The lowest BCUT2D eigenvalue weighted by atomic mass is 10.1. The molecule has 2 N–H and O–H groups in total. The maximum Gasteiger partial charge on any atom is 0.303 e. The van der Waals surface area contributed by atoms with Crippen molar-refractivity contribution in [2.75, 3.05) is 0 Å². The number of carboxylic acids is 2. The van der Waals surface area contributed by atoms with Gasteiger partial charge in [0.15, 0.2) is 0 Å². The van der Waals surface area contributed by atoms with Crippen molar-refractivity contribution in [1.29, 1.82) is 0 Å². The molecular weight excluding hydrogens is 564 g/mol. The van der Waals surface area contributed by atoms with Crippen molar-refractivity contribution in [2.45, 2.75) is 129 Å². The Morgan fingerprint density at radius 1 is 0.511 bits per heavy atom. The van der Waals surface area contributed by atoms with Crippen molar-refractivity contribution in [2.24, 2.45) is 0 Å². The van der Waals surface area contributed by atoms with Crippen LogP contribution in [0.15, 0.2) is 48.5 Å². The number of aliphatic carboxylic acids is 2. The van der Waals surface area contributed by atoms with E-state index in [1.54, 1.807) is 0 Å². The van der Waals surface area contributed by atoms with E-state index in [9.17, 15) is 9.59 Å². The summed E-state index contributed by atoms with van der Waals surface area (Å²) in [5, 5.41) is 17.6. The molecule has 2 aromatic carbocycles. The van der Waals surface area contributed by atoms with Crippen LogP contribution in [0, 0.1) is 6.42 Å². The van der Waals surface area contributed by atoms with Crippen LogP contribution in [-0.2, 0) is 22.7 Å². The van der Waals surface area contributed by atoms with Gasteiger partial charge in [-0.15, -0.1) is 0 Å². The number of hydrogen-bond acceptors (Lipinski definition) is 4. The summed E-state index contributed by atoms with van der Waals surface area (Å²) in [7, 11) is 0. The molecule has 0 aliphatic heterocycles.